The molecule has 2 heteroatoms. The van der Waals surface area contributed by atoms with E-state index in [0.717, 1.165) is 0 Å². The average Bonchev–Trinajstić information content (AvgIpc) is 2.34. The molecule has 0 amide bonds. The van der Waals surface area contributed by atoms with Crippen molar-refractivity contribution in [3.63, 3.8) is 0 Å². The Bertz CT molecular complexity index is 114. The Morgan fingerprint density at radius 1 is 1.36 bits per heavy atom. The standard InChI is InChI=1S/C9H19NO/c1-7(2)10-8-4-5-9(6-8)11-3/h7-10H,4-6H2,1-3H3/t8-,9?/m1/s1. The first-order valence-electron chi connectivity index (χ1n) is 4.51. The van der Waals surface area contributed by atoms with Crippen LogP contribution in [0.1, 0.15) is 33.1 Å². The van der Waals surface area contributed by atoms with Crippen molar-refractivity contribution >= 4 is 0 Å². The first-order chi connectivity index (χ1) is 5.22. The van der Waals surface area contributed by atoms with Crippen molar-refractivity contribution in [1.82, 2.24) is 5.32 Å². The molecule has 1 unspecified atom stereocenters. The molecule has 0 heterocycles. The van der Waals surface area contributed by atoms with Crippen LogP contribution in [0.2, 0.25) is 0 Å². The van der Waals surface area contributed by atoms with Gasteiger partial charge < -0.3 is 10.1 Å². The van der Waals surface area contributed by atoms with Crippen LogP contribution in [0.5, 0.6) is 0 Å². The summed E-state index contributed by atoms with van der Waals surface area (Å²) in [6.45, 7) is 4.39. The Morgan fingerprint density at radius 3 is 2.55 bits per heavy atom. The van der Waals surface area contributed by atoms with Gasteiger partial charge >= 0.3 is 0 Å². The third kappa shape index (κ3) is 2.80. The number of rotatable bonds is 3. The summed E-state index contributed by atoms with van der Waals surface area (Å²) >= 11 is 0. The predicted octanol–water partition coefficient (Wildman–Crippen LogP) is 1.55. The Balaban J connectivity index is 2.19. The Labute approximate surface area is 69.3 Å². The van der Waals surface area contributed by atoms with Crippen molar-refractivity contribution in [2.45, 2.75) is 51.3 Å². The smallest absolute Gasteiger partial charge is 0.0586 e. The van der Waals surface area contributed by atoms with Gasteiger partial charge in [0.05, 0.1) is 6.10 Å². The maximum absolute atomic E-state index is 5.28. The van der Waals surface area contributed by atoms with Gasteiger partial charge in [-0.15, -0.1) is 0 Å². The molecule has 0 aromatic heterocycles. The van der Waals surface area contributed by atoms with E-state index in [2.05, 4.69) is 19.2 Å². The van der Waals surface area contributed by atoms with Gasteiger partial charge in [0.25, 0.3) is 0 Å². The van der Waals surface area contributed by atoms with Crippen molar-refractivity contribution in [2.24, 2.45) is 0 Å². The highest BCUT2D eigenvalue weighted by Crippen LogP contribution is 2.21. The van der Waals surface area contributed by atoms with Gasteiger partial charge in [0.2, 0.25) is 0 Å². The first kappa shape index (κ1) is 9.01. The van der Waals surface area contributed by atoms with Gasteiger partial charge in [-0.05, 0) is 19.3 Å². The van der Waals surface area contributed by atoms with Gasteiger partial charge in [-0.2, -0.15) is 0 Å². The lowest BCUT2D eigenvalue weighted by Gasteiger charge is -2.15. The average molecular weight is 157 g/mol. The zero-order valence-corrected chi connectivity index (χ0v) is 7.76. The minimum Gasteiger partial charge on any atom is -0.381 e. The van der Waals surface area contributed by atoms with Crippen molar-refractivity contribution < 1.29 is 4.74 Å². The summed E-state index contributed by atoms with van der Waals surface area (Å²) in [4.78, 5) is 0. The molecular formula is C9H19NO. The van der Waals surface area contributed by atoms with Gasteiger partial charge in [0.1, 0.15) is 0 Å². The first-order valence-corrected chi connectivity index (χ1v) is 4.51. The molecule has 1 fully saturated rings. The van der Waals surface area contributed by atoms with Crippen LogP contribution in [0.4, 0.5) is 0 Å². The van der Waals surface area contributed by atoms with Crippen LogP contribution < -0.4 is 5.32 Å². The highest BCUT2D eigenvalue weighted by atomic mass is 16.5. The summed E-state index contributed by atoms with van der Waals surface area (Å²) in [5.74, 6) is 0. The Hall–Kier alpha value is -0.0800. The lowest BCUT2D eigenvalue weighted by Crippen LogP contribution is -2.33. The summed E-state index contributed by atoms with van der Waals surface area (Å²) < 4.78 is 5.28. The lowest BCUT2D eigenvalue weighted by atomic mass is 10.2. The van der Waals surface area contributed by atoms with Crippen molar-refractivity contribution in [3.8, 4) is 0 Å². The number of hydrogen-bond donors (Lipinski definition) is 1. The molecule has 11 heavy (non-hydrogen) atoms. The summed E-state index contributed by atoms with van der Waals surface area (Å²) in [7, 11) is 1.81. The summed E-state index contributed by atoms with van der Waals surface area (Å²) in [6.07, 6.45) is 4.19. The van der Waals surface area contributed by atoms with Gasteiger partial charge in [-0.1, -0.05) is 13.8 Å². The number of nitrogens with one attached hydrogen (secondary N) is 1. The van der Waals surface area contributed by atoms with E-state index in [1.165, 1.54) is 19.3 Å². The van der Waals surface area contributed by atoms with E-state index < -0.39 is 0 Å². The van der Waals surface area contributed by atoms with Gasteiger partial charge in [0.15, 0.2) is 0 Å². The van der Waals surface area contributed by atoms with Gasteiger partial charge in [-0.25, -0.2) is 0 Å². The summed E-state index contributed by atoms with van der Waals surface area (Å²) in [5, 5.41) is 3.53. The highest BCUT2D eigenvalue weighted by Gasteiger charge is 2.24. The molecule has 1 rings (SSSR count). The molecule has 1 saturated carbocycles. The third-order valence-electron chi connectivity index (χ3n) is 2.29. The number of methoxy groups -OCH3 is 1. The lowest BCUT2D eigenvalue weighted by molar-refractivity contribution is 0.106. The van der Waals surface area contributed by atoms with Crippen molar-refractivity contribution in [1.29, 1.82) is 0 Å². The normalized spacial score (nSPS) is 31.6. The fourth-order valence-electron chi connectivity index (χ4n) is 1.78. The molecule has 0 aliphatic heterocycles. The van der Waals surface area contributed by atoms with Gasteiger partial charge in [0, 0.05) is 19.2 Å². The molecule has 1 aliphatic rings. The molecule has 0 aromatic rings. The maximum atomic E-state index is 5.28. The molecule has 0 radical (unpaired) electrons. The van der Waals surface area contributed by atoms with E-state index >= 15 is 0 Å². The quantitative estimate of drug-likeness (QED) is 0.671. The molecular weight excluding hydrogens is 138 g/mol. The Morgan fingerprint density at radius 2 is 2.09 bits per heavy atom. The second kappa shape index (κ2) is 4.07. The third-order valence-corrected chi connectivity index (χ3v) is 2.29. The summed E-state index contributed by atoms with van der Waals surface area (Å²) in [5.41, 5.74) is 0. The Kier molecular flexibility index (Phi) is 3.34. The van der Waals surface area contributed by atoms with E-state index in [-0.39, 0.29) is 0 Å². The molecule has 1 aliphatic carbocycles. The fraction of sp³-hybridized carbons (Fsp3) is 1.00. The second-order valence-electron chi connectivity index (χ2n) is 3.69. The van der Waals surface area contributed by atoms with Crippen LogP contribution in [0.15, 0.2) is 0 Å². The molecule has 0 aromatic carbocycles. The fourth-order valence-corrected chi connectivity index (χ4v) is 1.78. The van der Waals surface area contributed by atoms with Crippen LogP contribution in [0, 0.1) is 0 Å². The molecule has 2 nitrogen and oxygen atoms in total. The van der Waals surface area contributed by atoms with Crippen LogP contribution in [-0.2, 0) is 4.74 Å². The van der Waals surface area contributed by atoms with Crippen LogP contribution in [0.3, 0.4) is 0 Å². The van der Waals surface area contributed by atoms with Gasteiger partial charge in [-0.3, -0.25) is 0 Å². The van der Waals surface area contributed by atoms with Crippen LogP contribution in [0.25, 0.3) is 0 Å². The molecule has 0 spiro atoms. The maximum Gasteiger partial charge on any atom is 0.0586 e. The molecule has 0 bridgehead atoms. The SMILES string of the molecule is COC1CC[C@@H](NC(C)C)C1. The molecule has 66 valence electrons. The van der Waals surface area contributed by atoms with E-state index in [1.807, 2.05) is 7.11 Å². The second-order valence-corrected chi connectivity index (χ2v) is 3.69. The minimum absolute atomic E-state index is 0.506. The zero-order valence-electron chi connectivity index (χ0n) is 7.76. The largest absolute Gasteiger partial charge is 0.381 e. The van der Waals surface area contributed by atoms with Crippen molar-refractivity contribution in [2.75, 3.05) is 7.11 Å². The molecule has 2 atom stereocenters. The van der Waals surface area contributed by atoms with E-state index in [0.29, 0.717) is 18.2 Å². The highest BCUT2D eigenvalue weighted by molar-refractivity contribution is 4.81. The molecule has 1 N–H and O–H groups in total. The topological polar surface area (TPSA) is 21.3 Å². The minimum atomic E-state index is 0.506. The van der Waals surface area contributed by atoms with Crippen LogP contribution >= 0.6 is 0 Å². The zero-order chi connectivity index (χ0) is 8.27. The van der Waals surface area contributed by atoms with E-state index in [1.54, 1.807) is 0 Å². The van der Waals surface area contributed by atoms with Crippen LogP contribution in [-0.4, -0.2) is 25.3 Å². The number of hydrogen-bond acceptors (Lipinski definition) is 2. The molecule has 0 saturated heterocycles. The van der Waals surface area contributed by atoms with E-state index in [4.69, 9.17) is 4.74 Å². The number of ether oxygens (including phenoxy) is 1. The monoisotopic (exact) mass is 157 g/mol. The predicted molar refractivity (Wildman–Crippen MR) is 46.7 cm³/mol. The van der Waals surface area contributed by atoms with Crippen molar-refractivity contribution in [3.05, 3.63) is 0 Å². The van der Waals surface area contributed by atoms with E-state index in [9.17, 15) is 0 Å². The summed E-state index contributed by atoms with van der Waals surface area (Å²) in [6, 6.07) is 1.30.